The molecule has 1 aromatic heterocycles. The molecule has 0 bridgehead atoms. The first-order valence-corrected chi connectivity index (χ1v) is 7.82. The molecule has 2 fully saturated rings. The monoisotopic (exact) mass is 274 g/mol. The second-order valence-corrected chi connectivity index (χ2v) is 6.31. The highest BCUT2D eigenvalue weighted by Gasteiger charge is 2.22. The van der Waals surface area contributed by atoms with E-state index < -0.39 is 0 Å². The molecular formula is C16H26N4. The first-order valence-electron chi connectivity index (χ1n) is 7.82. The Labute approximate surface area is 122 Å². The third-order valence-electron chi connectivity index (χ3n) is 4.59. The van der Waals surface area contributed by atoms with Gasteiger partial charge in [0.15, 0.2) is 0 Å². The minimum absolute atomic E-state index is 0.665. The average molecular weight is 274 g/mol. The Morgan fingerprint density at radius 2 is 2.05 bits per heavy atom. The van der Waals surface area contributed by atoms with Crippen molar-refractivity contribution < 1.29 is 0 Å². The smallest absolute Gasteiger partial charge is 0.0562 e. The fourth-order valence-electron chi connectivity index (χ4n) is 2.91. The molecule has 0 amide bonds. The van der Waals surface area contributed by atoms with Gasteiger partial charge >= 0.3 is 0 Å². The van der Waals surface area contributed by atoms with E-state index in [1.165, 1.54) is 44.5 Å². The van der Waals surface area contributed by atoms with Crippen LogP contribution < -0.4 is 10.2 Å². The molecule has 3 rings (SSSR count). The predicted octanol–water partition coefficient (Wildman–Crippen LogP) is 1.86. The van der Waals surface area contributed by atoms with E-state index in [1.807, 2.05) is 6.20 Å². The lowest BCUT2D eigenvalue weighted by Crippen LogP contribution is -2.42. The van der Waals surface area contributed by atoms with E-state index in [-0.39, 0.29) is 0 Å². The van der Waals surface area contributed by atoms with E-state index in [0.717, 1.165) is 18.3 Å². The number of likely N-dealkylation sites (tertiary alicyclic amines) is 1. The van der Waals surface area contributed by atoms with E-state index in [2.05, 4.69) is 46.3 Å². The number of anilines is 1. The number of hydrogen-bond donors (Lipinski definition) is 1. The lowest BCUT2D eigenvalue weighted by molar-refractivity contribution is 0.253. The van der Waals surface area contributed by atoms with Gasteiger partial charge in [-0.25, -0.2) is 0 Å². The molecule has 1 aromatic rings. The summed E-state index contributed by atoms with van der Waals surface area (Å²) in [6, 6.07) is 5.79. The molecular weight excluding hydrogens is 248 g/mol. The average Bonchev–Trinajstić information content (AvgIpc) is 3.30. The highest BCUT2D eigenvalue weighted by molar-refractivity contribution is 5.46. The molecule has 4 nitrogen and oxygen atoms in total. The van der Waals surface area contributed by atoms with E-state index in [4.69, 9.17) is 0 Å². The highest BCUT2D eigenvalue weighted by Crippen LogP contribution is 2.23. The van der Waals surface area contributed by atoms with Crippen LogP contribution in [0.15, 0.2) is 18.3 Å². The van der Waals surface area contributed by atoms with E-state index in [1.54, 1.807) is 0 Å². The lowest BCUT2D eigenvalue weighted by atomic mass is 10.0. The van der Waals surface area contributed by atoms with Crippen molar-refractivity contribution in [2.24, 2.45) is 0 Å². The number of piperidine rings is 1. The first kappa shape index (κ1) is 13.8. The third-order valence-corrected chi connectivity index (χ3v) is 4.59. The van der Waals surface area contributed by atoms with Gasteiger partial charge in [-0.1, -0.05) is 0 Å². The second kappa shape index (κ2) is 6.10. The van der Waals surface area contributed by atoms with Gasteiger partial charge < -0.3 is 15.1 Å². The molecule has 1 saturated carbocycles. The van der Waals surface area contributed by atoms with Crippen molar-refractivity contribution in [1.82, 2.24) is 15.2 Å². The molecule has 1 aliphatic carbocycles. The van der Waals surface area contributed by atoms with Crippen molar-refractivity contribution in [3.05, 3.63) is 24.0 Å². The summed E-state index contributed by atoms with van der Waals surface area (Å²) in [4.78, 5) is 9.34. The summed E-state index contributed by atoms with van der Waals surface area (Å²) >= 11 is 0. The van der Waals surface area contributed by atoms with Crippen LogP contribution in [0, 0.1) is 0 Å². The van der Waals surface area contributed by atoms with Crippen LogP contribution in [-0.2, 0) is 6.54 Å². The van der Waals surface area contributed by atoms with E-state index in [0.29, 0.717) is 6.04 Å². The summed E-state index contributed by atoms with van der Waals surface area (Å²) in [5.74, 6) is 0. The largest absolute Gasteiger partial charge is 0.371 e. The third kappa shape index (κ3) is 3.49. The Hall–Kier alpha value is -1.13. The lowest BCUT2D eigenvalue weighted by Gasteiger charge is -2.36. The zero-order valence-electron chi connectivity index (χ0n) is 12.7. The summed E-state index contributed by atoms with van der Waals surface area (Å²) in [6.07, 6.45) is 7.12. The minimum atomic E-state index is 0.665. The zero-order chi connectivity index (χ0) is 13.9. The Balaban J connectivity index is 1.61. The molecule has 110 valence electrons. The molecule has 4 heteroatoms. The van der Waals surface area contributed by atoms with Crippen LogP contribution in [0.5, 0.6) is 0 Å². The number of nitrogens with zero attached hydrogens (tertiary/aromatic N) is 3. The van der Waals surface area contributed by atoms with Gasteiger partial charge in [0.1, 0.15) is 0 Å². The van der Waals surface area contributed by atoms with Crippen molar-refractivity contribution >= 4 is 5.69 Å². The highest BCUT2D eigenvalue weighted by atomic mass is 15.2. The number of rotatable bonds is 5. The second-order valence-electron chi connectivity index (χ2n) is 6.31. The van der Waals surface area contributed by atoms with Crippen LogP contribution in [0.4, 0.5) is 5.69 Å². The van der Waals surface area contributed by atoms with Crippen LogP contribution in [0.3, 0.4) is 0 Å². The molecule has 2 aliphatic rings. The van der Waals surface area contributed by atoms with Crippen LogP contribution in [-0.4, -0.2) is 49.2 Å². The number of nitrogens with one attached hydrogen (secondary N) is 1. The Morgan fingerprint density at radius 1 is 1.30 bits per heavy atom. The Bertz CT molecular complexity index is 436. The number of aromatic nitrogens is 1. The van der Waals surface area contributed by atoms with Crippen molar-refractivity contribution in [2.45, 2.75) is 44.3 Å². The first-order chi connectivity index (χ1) is 9.72. The maximum absolute atomic E-state index is 4.48. The fraction of sp³-hybridized carbons (Fsp3) is 0.688. The zero-order valence-corrected chi connectivity index (χ0v) is 12.7. The molecule has 0 radical (unpaired) electrons. The minimum Gasteiger partial charge on any atom is -0.371 e. The van der Waals surface area contributed by atoms with Gasteiger partial charge in [0.25, 0.3) is 0 Å². The molecule has 0 unspecified atom stereocenters. The van der Waals surface area contributed by atoms with Crippen LogP contribution in [0.25, 0.3) is 0 Å². The number of hydrogen-bond acceptors (Lipinski definition) is 4. The molecule has 2 heterocycles. The van der Waals surface area contributed by atoms with Gasteiger partial charge in [-0.2, -0.15) is 0 Å². The van der Waals surface area contributed by atoms with Gasteiger partial charge in [-0.3, -0.25) is 4.98 Å². The van der Waals surface area contributed by atoms with Gasteiger partial charge in [-0.15, -0.1) is 0 Å². The SMILES string of the molecule is CN1CCC(N(C)c2ccnc(CNC3CC3)c2)CC1. The summed E-state index contributed by atoms with van der Waals surface area (Å²) in [5, 5.41) is 3.54. The molecule has 1 aliphatic heterocycles. The van der Waals surface area contributed by atoms with Gasteiger partial charge in [0.2, 0.25) is 0 Å². The van der Waals surface area contributed by atoms with Gasteiger partial charge in [0, 0.05) is 37.6 Å². The fourth-order valence-corrected chi connectivity index (χ4v) is 2.91. The maximum Gasteiger partial charge on any atom is 0.0562 e. The molecule has 0 aromatic carbocycles. The number of pyridine rings is 1. The quantitative estimate of drug-likeness (QED) is 0.888. The summed E-state index contributed by atoms with van der Waals surface area (Å²) in [7, 11) is 4.44. The summed E-state index contributed by atoms with van der Waals surface area (Å²) in [6.45, 7) is 3.31. The molecule has 1 N–H and O–H groups in total. The maximum atomic E-state index is 4.48. The predicted molar refractivity (Wildman–Crippen MR) is 83.0 cm³/mol. The summed E-state index contributed by atoms with van der Waals surface area (Å²) in [5.41, 5.74) is 2.47. The van der Waals surface area contributed by atoms with Crippen molar-refractivity contribution in [3.8, 4) is 0 Å². The summed E-state index contributed by atoms with van der Waals surface area (Å²) < 4.78 is 0. The molecule has 20 heavy (non-hydrogen) atoms. The standard InChI is InChI=1S/C16H26N4/c1-19-9-6-15(7-10-19)20(2)16-5-8-17-14(11-16)12-18-13-3-4-13/h5,8,11,13,15,18H,3-4,6-7,9-10,12H2,1-2H3. The van der Waals surface area contributed by atoms with Crippen molar-refractivity contribution in [3.63, 3.8) is 0 Å². The molecule has 0 spiro atoms. The normalized spacial score (nSPS) is 21.1. The van der Waals surface area contributed by atoms with Gasteiger partial charge in [-0.05, 0) is 58.0 Å². The van der Waals surface area contributed by atoms with Gasteiger partial charge in [0.05, 0.1) is 5.69 Å². The van der Waals surface area contributed by atoms with E-state index >= 15 is 0 Å². The molecule has 1 saturated heterocycles. The van der Waals surface area contributed by atoms with Crippen LogP contribution in [0.1, 0.15) is 31.4 Å². The molecule has 0 atom stereocenters. The topological polar surface area (TPSA) is 31.4 Å². The Kier molecular flexibility index (Phi) is 4.22. The van der Waals surface area contributed by atoms with Crippen LogP contribution in [0.2, 0.25) is 0 Å². The van der Waals surface area contributed by atoms with E-state index in [9.17, 15) is 0 Å². The Morgan fingerprint density at radius 3 is 2.75 bits per heavy atom. The van der Waals surface area contributed by atoms with Crippen molar-refractivity contribution in [1.29, 1.82) is 0 Å². The van der Waals surface area contributed by atoms with Crippen LogP contribution >= 0.6 is 0 Å². The van der Waals surface area contributed by atoms with Crippen molar-refractivity contribution in [2.75, 3.05) is 32.1 Å².